The number of benzene rings is 1. The van der Waals surface area contributed by atoms with Gasteiger partial charge in [0.2, 0.25) is 0 Å². The van der Waals surface area contributed by atoms with Crippen LogP contribution in [0.4, 0.5) is 0 Å². The van der Waals surface area contributed by atoms with E-state index < -0.39 is 0 Å². The van der Waals surface area contributed by atoms with Crippen molar-refractivity contribution in [2.24, 2.45) is 7.05 Å². The molecule has 1 aliphatic rings. The van der Waals surface area contributed by atoms with Gasteiger partial charge in [-0.1, -0.05) is 0 Å². The van der Waals surface area contributed by atoms with E-state index in [0.29, 0.717) is 37.3 Å². The van der Waals surface area contributed by atoms with Gasteiger partial charge in [-0.25, -0.2) is 4.98 Å². The van der Waals surface area contributed by atoms with E-state index in [-0.39, 0.29) is 11.8 Å². The van der Waals surface area contributed by atoms with Crippen LogP contribution in [-0.4, -0.2) is 62.3 Å². The first-order valence-electron chi connectivity index (χ1n) is 8.53. The van der Waals surface area contributed by atoms with Gasteiger partial charge in [0.1, 0.15) is 0 Å². The summed E-state index contributed by atoms with van der Waals surface area (Å²) in [4.78, 5) is 37.1. The first kappa shape index (κ1) is 16.3. The van der Waals surface area contributed by atoms with Crippen molar-refractivity contribution >= 4 is 22.8 Å². The molecule has 26 heavy (non-hydrogen) atoms. The van der Waals surface area contributed by atoms with E-state index in [0.717, 1.165) is 11.0 Å². The Bertz CT molecular complexity index is 958. The summed E-state index contributed by atoms with van der Waals surface area (Å²) in [5.41, 5.74) is 3.01. The molecule has 3 heterocycles. The molecule has 2 aromatic heterocycles. The second-order valence-electron chi connectivity index (χ2n) is 6.39. The number of nitrogens with zero attached hydrogens (tertiary/aromatic N) is 5. The average Bonchev–Trinajstić information content (AvgIpc) is 3.08. The third-order valence-corrected chi connectivity index (χ3v) is 4.73. The summed E-state index contributed by atoms with van der Waals surface area (Å²) in [5, 5.41) is 0. The van der Waals surface area contributed by atoms with Crippen molar-refractivity contribution in [1.82, 2.24) is 24.3 Å². The Kier molecular flexibility index (Phi) is 4.12. The first-order chi connectivity index (χ1) is 12.6. The maximum atomic E-state index is 12.8. The SMILES string of the molecule is Cn1cnc2cc(C(=O)N3CCN(C(=O)c4cccnc4)CC3)ccc21. The highest BCUT2D eigenvalue weighted by molar-refractivity contribution is 5.98. The van der Waals surface area contributed by atoms with Gasteiger partial charge in [0.05, 0.1) is 22.9 Å². The summed E-state index contributed by atoms with van der Waals surface area (Å²) in [6, 6.07) is 9.08. The highest BCUT2D eigenvalue weighted by Crippen LogP contribution is 2.17. The topological polar surface area (TPSA) is 71.3 Å². The molecule has 0 N–H and O–H groups in total. The Balaban J connectivity index is 1.43. The number of carbonyl (C=O) groups excluding carboxylic acids is 2. The fourth-order valence-electron chi connectivity index (χ4n) is 3.24. The standard InChI is InChI=1S/C19H19N5O2/c1-22-13-21-16-11-14(4-5-17(16)22)18(25)23-7-9-24(10-8-23)19(26)15-3-2-6-20-12-15/h2-6,11-13H,7-10H2,1H3. The van der Waals surface area contributed by atoms with E-state index in [1.54, 1.807) is 40.7 Å². The Labute approximate surface area is 150 Å². The highest BCUT2D eigenvalue weighted by atomic mass is 16.2. The van der Waals surface area contributed by atoms with E-state index in [1.165, 1.54) is 0 Å². The van der Waals surface area contributed by atoms with E-state index in [2.05, 4.69) is 9.97 Å². The molecule has 1 aliphatic heterocycles. The molecular weight excluding hydrogens is 330 g/mol. The van der Waals surface area contributed by atoms with E-state index in [1.807, 2.05) is 29.8 Å². The van der Waals surface area contributed by atoms with Crippen molar-refractivity contribution in [1.29, 1.82) is 0 Å². The second kappa shape index (κ2) is 6.59. The predicted octanol–water partition coefficient (Wildman–Crippen LogP) is 1.57. The Morgan fingerprint density at radius 2 is 1.65 bits per heavy atom. The van der Waals surface area contributed by atoms with Gasteiger partial charge in [-0.2, -0.15) is 0 Å². The molecule has 0 bridgehead atoms. The number of fused-ring (bicyclic) bond motifs is 1. The van der Waals surface area contributed by atoms with Gasteiger partial charge < -0.3 is 14.4 Å². The van der Waals surface area contributed by atoms with Gasteiger partial charge in [-0.3, -0.25) is 14.6 Å². The number of amides is 2. The van der Waals surface area contributed by atoms with Gasteiger partial charge in [0, 0.05) is 51.2 Å². The van der Waals surface area contributed by atoms with Crippen LogP contribution in [0.25, 0.3) is 11.0 Å². The minimum atomic E-state index is -0.0416. The maximum Gasteiger partial charge on any atom is 0.255 e. The number of pyridine rings is 1. The third kappa shape index (κ3) is 2.92. The molecule has 0 radical (unpaired) electrons. The molecule has 132 valence electrons. The number of piperazine rings is 1. The molecule has 0 saturated carbocycles. The van der Waals surface area contributed by atoms with Crippen molar-refractivity contribution in [3.05, 3.63) is 60.2 Å². The van der Waals surface area contributed by atoms with Gasteiger partial charge in [-0.05, 0) is 30.3 Å². The molecular formula is C19H19N5O2. The van der Waals surface area contributed by atoms with Crippen LogP contribution in [0.3, 0.4) is 0 Å². The molecule has 0 atom stereocenters. The van der Waals surface area contributed by atoms with Crippen molar-refractivity contribution in [3.8, 4) is 0 Å². The number of aromatic nitrogens is 3. The Hall–Kier alpha value is -3.22. The summed E-state index contributed by atoms with van der Waals surface area (Å²) in [6.07, 6.45) is 4.95. The number of carbonyl (C=O) groups is 2. The molecule has 7 heteroatoms. The number of hydrogen-bond donors (Lipinski definition) is 0. The van der Waals surface area contributed by atoms with Crippen LogP contribution in [-0.2, 0) is 7.05 Å². The molecule has 4 rings (SSSR count). The van der Waals surface area contributed by atoms with Gasteiger partial charge in [-0.15, -0.1) is 0 Å². The first-order valence-corrected chi connectivity index (χ1v) is 8.53. The fraction of sp³-hybridized carbons (Fsp3) is 0.263. The molecule has 0 spiro atoms. The van der Waals surface area contributed by atoms with Gasteiger partial charge in [0.25, 0.3) is 11.8 Å². The van der Waals surface area contributed by atoms with E-state index in [9.17, 15) is 9.59 Å². The molecule has 1 aromatic carbocycles. The largest absolute Gasteiger partial charge is 0.335 e. The monoisotopic (exact) mass is 349 g/mol. The molecule has 0 aliphatic carbocycles. The van der Waals surface area contributed by atoms with Gasteiger partial charge >= 0.3 is 0 Å². The van der Waals surface area contributed by atoms with Crippen LogP contribution < -0.4 is 0 Å². The minimum absolute atomic E-state index is 0.0222. The zero-order chi connectivity index (χ0) is 18.1. The highest BCUT2D eigenvalue weighted by Gasteiger charge is 2.25. The van der Waals surface area contributed by atoms with Crippen LogP contribution in [0.15, 0.2) is 49.1 Å². The molecule has 7 nitrogen and oxygen atoms in total. The molecule has 3 aromatic rings. The predicted molar refractivity (Wildman–Crippen MR) is 96.8 cm³/mol. The zero-order valence-electron chi connectivity index (χ0n) is 14.5. The molecule has 1 saturated heterocycles. The van der Waals surface area contributed by atoms with Crippen LogP contribution in [0.5, 0.6) is 0 Å². The summed E-state index contributed by atoms with van der Waals surface area (Å²) in [5.74, 6) is -0.0638. The summed E-state index contributed by atoms with van der Waals surface area (Å²) in [6.45, 7) is 2.08. The average molecular weight is 349 g/mol. The number of rotatable bonds is 2. The van der Waals surface area contributed by atoms with Crippen LogP contribution in [0.1, 0.15) is 20.7 Å². The maximum absolute atomic E-state index is 12.8. The smallest absolute Gasteiger partial charge is 0.255 e. The molecule has 2 amide bonds. The van der Waals surface area contributed by atoms with E-state index >= 15 is 0 Å². The quantitative estimate of drug-likeness (QED) is 0.704. The summed E-state index contributed by atoms with van der Waals surface area (Å²) >= 11 is 0. The van der Waals surface area contributed by atoms with Crippen molar-refractivity contribution < 1.29 is 9.59 Å². The third-order valence-electron chi connectivity index (χ3n) is 4.73. The lowest BCUT2D eigenvalue weighted by Crippen LogP contribution is -2.50. The fourth-order valence-corrected chi connectivity index (χ4v) is 3.24. The van der Waals surface area contributed by atoms with Gasteiger partial charge in [0.15, 0.2) is 0 Å². The van der Waals surface area contributed by atoms with E-state index in [4.69, 9.17) is 0 Å². The zero-order valence-corrected chi connectivity index (χ0v) is 14.5. The van der Waals surface area contributed by atoms with Crippen LogP contribution in [0.2, 0.25) is 0 Å². The van der Waals surface area contributed by atoms with Crippen LogP contribution in [0, 0.1) is 0 Å². The minimum Gasteiger partial charge on any atom is -0.335 e. The van der Waals surface area contributed by atoms with Crippen molar-refractivity contribution in [3.63, 3.8) is 0 Å². The molecule has 1 fully saturated rings. The van der Waals surface area contributed by atoms with Crippen LogP contribution >= 0.6 is 0 Å². The second-order valence-corrected chi connectivity index (χ2v) is 6.39. The Morgan fingerprint density at radius 3 is 2.31 bits per heavy atom. The number of aryl methyl sites for hydroxylation is 1. The Morgan fingerprint density at radius 1 is 0.962 bits per heavy atom. The lowest BCUT2D eigenvalue weighted by atomic mass is 10.1. The normalized spacial score (nSPS) is 14.7. The van der Waals surface area contributed by atoms with Crippen molar-refractivity contribution in [2.75, 3.05) is 26.2 Å². The molecule has 0 unspecified atom stereocenters. The lowest BCUT2D eigenvalue weighted by Gasteiger charge is -2.34. The van der Waals surface area contributed by atoms with Crippen molar-refractivity contribution in [2.45, 2.75) is 0 Å². The number of hydrogen-bond acceptors (Lipinski definition) is 4. The number of imidazole rings is 1. The lowest BCUT2D eigenvalue weighted by molar-refractivity contribution is 0.0535. The summed E-state index contributed by atoms with van der Waals surface area (Å²) < 4.78 is 1.92. The summed E-state index contributed by atoms with van der Waals surface area (Å²) in [7, 11) is 1.93.